The minimum atomic E-state index is 0.198. The summed E-state index contributed by atoms with van der Waals surface area (Å²) in [6.45, 7) is 7.77. The fourth-order valence-electron chi connectivity index (χ4n) is 2.11. The summed E-state index contributed by atoms with van der Waals surface area (Å²) in [6.07, 6.45) is 0.198. The van der Waals surface area contributed by atoms with Gasteiger partial charge in [-0.05, 0) is 62.7 Å². The molecule has 0 amide bonds. The van der Waals surface area contributed by atoms with Gasteiger partial charge in [0.25, 0.3) is 0 Å². The third-order valence-corrected chi connectivity index (χ3v) is 3.43. The summed E-state index contributed by atoms with van der Waals surface area (Å²) >= 11 is 6.01. The SMILES string of the molecule is Cc1ccc(Cl)cc1NCCNc1ccc(OC(C)C)cc1. The summed E-state index contributed by atoms with van der Waals surface area (Å²) in [5.41, 5.74) is 3.36. The van der Waals surface area contributed by atoms with Crippen molar-refractivity contribution in [3.8, 4) is 5.75 Å². The Morgan fingerprint density at radius 1 is 1.00 bits per heavy atom. The lowest BCUT2D eigenvalue weighted by Crippen LogP contribution is -2.14. The summed E-state index contributed by atoms with van der Waals surface area (Å²) < 4.78 is 5.62. The van der Waals surface area contributed by atoms with Gasteiger partial charge in [0.15, 0.2) is 0 Å². The van der Waals surface area contributed by atoms with Gasteiger partial charge >= 0.3 is 0 Å². The van der Waals surface area contributed by atoms with Crippen LogP contribution in [0.3, 0.4) is 0 Å². The summed E-state index contributed by atoms with van der Waals surface area (Å²) in [7, 11) is 0. The van der Waals surface area contributed by atoms with Crippen LogP contribution in [0.4, 0.5) is 11.4 Å². The first kappa shape index (κ1) is 16.5. The van der Waals surface area contributed by atoms with Gasteiger partial charge in [0.1, 0.15) is 5.75 Å². The molecule has 0 aliphatic carbocycles. The predicted octanol–water partition coefficient (Wildman–Crippen LogP) is 4.96. The number of benzene rings is 2. The molecule has 0 aromatic heterocycles. The number of nitrogens with one attached hydrogen (secondary N) is 2. The van der Waals surface area contributed by atoms with E-state index in [4.69, 9.17) is 16.3 Å². The first-order valence-corrected chi connectivity index (χ1v) is 7.93. The maximum atomic E-state index is 6.01. The van der Waals surface area contributed by atoms with Crippen molar-refractivity contribution in [2.75, 3.05) is 23.7 Å². The maximum Gasteiger partial charge on any atom is 0.119 e. The van der Waals surface area contributed by atoms with Crippen molar-refractivity contribution in [3.63, 3.8) is 0 Å². The molecule has 0 saturated heterocycles. The molecule has 4 heteroatoms. The summed E-state index contributed by atoms with van der Waals surface area (Å²) in [5, 5.41) is 7.52. The molecule has 0 spiro atoms. The van der Waals surface area contributed by atoms with E-state index < -0.39 is 0 Å². The molecule has 0 saturated carbocycles. The highest BCUT2D eigenvalue weighted by Gasteiger charge is 2.00. The molecule has 0 aliphatic rings. The van der Waals surface area contributed by atoms with Crippen LogP contribution in [-0.4, -0.2) is 19.2 Å². The van der Waals surface area contributed by atoms with E-state index >= 15 is 0 Å². The second-order valence-corrected chi connectivity index (χ2v) is 5.94. The zero-order chi connectivity index (χ0) is 15.9. The molecule has 2 N–H and O–H groups in total. The van der Waals surface area contributed by atoms with Gasteiger partial charge in [0, 0.05) is 29.5 Å². The molecule has 0 radical (unpaired) electrons. The topological polar surface area (TPSA) is 33.3 Å². The van der Waals surface area contributed by atoms with Crippen LogP contribution >= 0.6 is 11.6 Å². The van der Waals surface area contributed by atoms with Crippen LogP contribution in [0.1, 0.15) is 19.4 Å². The Hall–Kier alpha value is -1.87. The van der Waals surface area contributed by atoms with E-state index in [0.717, 1.165) is 35.2 Å². The van der Waals surface area contributed by atoms with Crippen molar-refractivity contribution in [3.05, 3.63) is 53.1 Å². The quantitative estimate of drug-likeness (QED) is 0.708. The normalized spacial score (nSPS) is 10.6. The largest absolute Gasteiger partial charge is 0.491 e. The van der Waals surface area contributed by atoms with Crippen molar-refractivity contribution in [2.45, 2.75) is 26.9 Å². The zero-order valence-corrected chi connectivity index (χ0v) is 14.1. The van der Waals surface area contributed by atoms with Crippen molar-refractivity contribution in [2.24, 2.45) is 0 Å². The Balaban J connectivity index is 1.77. The summed E-state index contributed by atoms with van der Waals surface area (Å²) in [4.78, 5) is 0. The third-order valence-electron chi connectivity index (χ3n) is 3.20. The zero-order valence-electron chi connectivity index (χ0n) is 13.3. The van der Waals surface area contributed by atoms with Crippen molar-refractivity contribution in [1.82, 2.24) is 0 Å². The highest BCUT2D eigenvalue weighted by atomic mass is 35.5. The number of halogens is 1. The molecule has 3 nitrogen and oxygen atoms in total. The summed E-state index contributed by atoms with van der Waals surface area (Å²) in [5.74, 6) is 0.897. The standard InChI is InChI=1S/C18H23ClN2O/c1-13(2)22-17-8-6-16(7-9-17)20-10-11-21-18-12-15(19)5-4-14(18)3/h4-9,12-13,20-21H,10-11H2,1-3H3. The van der Waals surface area contributed by atoms with Crippen LogP contribution in [0.15, 0.2) is 42.5 Å². The van der Waals surface area contributed by atoms with E-state index in [1.165, 1.54) is 5.56 Å². The van der Waals surface area contributed by atoms with E-state index in [1.807, 2.05) is 56.3 Å². The second kappa shape index (κ2) is 7.95. The Bertz CT molecular complexity index is 597. The predicted molar refractivity (Wildman–Crippen MR) is 95.4 cm³/mol. The van der Waals surface area contributed by atoms with Gasteiger partial charge in [-0.3, -0.25) is 0 Å². The van der Waals surface area contributed by atoms with E-state index in [-0.39, 0.29) is 6.10 Å². The molecular formula is C18H23ClN2O. The van der Waals surface area contributed by atoms with Crippen molar-refractivity contribution < 1.29 is 4.74 Å². The van der Waals surface area contributed by atoms with E-state index in [9.17, 15) is 0 Å². The van der Waals surface area contributed by atoms with Crippen LogP contribution in [-0.2, 0) is 0 Å². The first-order chi connectivity index (χ1) is 10.5. The molecule has 0 unspecified atom stereocenters. The molecule has 0 bridgehead atoms. The van der Waals surface area contributed by atoms with Gasteiger partial charge in [-0.15, -0.1) is 0 Å². The molecule has 0 fully saturated rings. The highest BCUT2D eigenvalue weighted by Crippen LogP contribution is 2.20. The van der Waals surface area contributed by atoms with Crippen LogP contribution in [0.5, 0.6) is 5.75 Å². The molecule has 0 heterocycles. The molecule has 0 aliphatic heterocycles. The number of anilines is 2. The van der Waals surface area contributed by atoms with E-state index in [2.05, 4.69) is 17.6 Å². The Kier molecular flexibility index (Phi) is 5.96. The van der Waals surface area contributed by atoms with Crippen LogP contribution in [0, 0.1) is 6.92 Å². The lowest BCUT2D eigenvalue weighted by Gasteiger charge is -2.12. The van der Waals surface area contributed by atoms with Gasteiger partial charge in [-0.1, -0.05) is 17.7 Å². The average Bonchev–Trinajstić information content (AvgIpc) is 2.48. The van der Waals surface area contributed by atoms with Gasteiger partial charge in [-0.25, -0.2) is 0 Å². The molecule has 2 aromatic carbocycles. The number of hydrogen-bond acceptors (Lipinski definition) is 3. The monoisotopic (exact) mass is 318 g/mol. The van der Waals surface area contributed by atoms with Gasteiger partial charge in [0.2, 0.25) is 0 Å². The molecule has 22 heavy (non-hydrogen) atoms. The van der Waals surface area contributed by atoms with Crippen LogP contribution in [0.2, 0.25) is 5.02 Å². The third kappa shape index (κ3) is 5.15. The van der Waals surface area contributed by atoms with E-state index in [1.54, 1.807) is 0 Å². The minimum Gasteiger partial charge on any atom is -0.491 e. The number of ether oxygens (including phenoxy) is 1. The Morgan fingerprint density at radius 3 is 2.36 bits per heavy atom. The van der Waals surface area contributed by atoms with Gasteiger partial charge in [0.05, 0.1) is 6.10 Å². The van der Waals surface area contributed by atoms with Crippen molar-refractivity contribution in [1.29, 1.82) is 0 Å². The molecule has 2 aromatic rings. The number of aryl methyl sites for hydroxylation is 1. The Morgan fingerprint density at radius 2 is 1.68 bits per heavy atom. The molecule has 0 atom stereocenters. The molecule has 118 valence electrons. The smallest absolute Gasteiger partial charge is 0.119 e. The average molecular weight is 319 g/mol. The van der Waals surface area contributed by atoms with Gasteiger partial charge < -0.3 is 15.4 Å². The lowest BCUT2D eigenvalue weighted by atomic mass is 10.2. The molecule has 2 rings (SSSR count). The number of hydrogen-bond donors (Lipinski definition) is 2. The second-order valence-electron chi connectivity index (χ2n) is 5.50. The highest BCUT2D eigenvalue weighted by molar-refractivity contribution is 6.30. The maximum absolute atomic E-state index is 6.01. The number of rotatable bonds is 7. The summed E-state index contributed by atoms with van der Waals surface area (Å²) in [6, 6.07) is 13.9. The molecular weight excluding hydrogens is 296 g/mol. The van der Waals surface area contributed by atoms with Crippen LogP contribution in [0.25, 0.3) is 0 Å². The minimum absolute atomic E-state index is 0.198. The van der Waals surface area contributed by atoms with Crippen LogP contribution < -0.4 is 15.4 Å². The Labute approximate surface area is 137 Å². The fraction of sp³-hybridized carbons (Fsp3) is 0.333. The van der Waals surface area contributed by atoms with Gasteiger partial charge in [-0.2, -0.15) is 0 Å². The van der Waals surface area contributed by atoms with Crippen molar-refractivity contribution >= 4 is 23.0 Å². The first-order valence-electron chi connectivity index (χ1n) is 7.55. The van der Waals surface area contributed by atoms with E-state index in [0.29, 0.717) is 0 Å². The fourth-order valence-corrected chi connectivity index (χ4v) is 2.28. The lowest BCUT2D eigenvalue weighted by molar-refractivity contribution is 0.242.